The van der Waals surface area contributed by atoms with Crippen molar-refractivity contribution >= 4 is 5.69 Å². The largest absolute Gasteiger partial charge is 0.394 e. The molecule has 1 aromatic carbocycles. The van der Waals surface area contributed by atoms with Crippen LogP contribution in [-0.4, -0.2) is 30.8 Å². The second-order valence-corrected chi connectivity index (χ2v) is 5.44. The van der Waals surface area contributed by atoms with Gasteiger partial charge in [-0.1, -0.05) is 24.6 Å². The highest BCUT2D eigenvalue weighted by molar-refractivity contribution is 5.56. The van der Waals surface area contributed by atoms with E-state index in [0.29, 0.717) is 0 Å². The molecule has 0 bridgehead atoms. The zero-order valence-electron chi connectivity index (χ0n) is 12.2. The molecule has 3 heteroatoms. The molecule has 0 spiro atoms. The van der Waals surface area contributed by atoms with E-state index in [1.807, 2.05) is 0 Å². The third kappa shape index (κ3) is 3.48. The van der Waals surface area contributed by atoms with Crippen LogP contribution in [0.25, 0.3) is 0 Å². The van der Waals surface area contributed by atoms with Gasteiger partial charge in [-0.05, 0) is 44.4 Å². The monoisotopic (exact) mass is 262 g/mol. The molecule has 1 atom stereocenters. The average Bonchev–Trinajstić information content (AvgIpc) is 2.45. The quantitative estimate of drug-likeness (QED) is 0.855. The van der Waals surface area contributed by atoms with Gasteiger partial charge in [-0.2, -0.15) is 0 Å². The van der Waals surface area contributed by atoms with Crippen molar-refractivity contribution in [3.8, 4) is 0 Å². The molecule has 0 amide bonds. The number of rotatable bonds is 5. The zero-order valence-corrected chi connectivity index (χ0v) is 12.2. The van der Waals surface area contributed by atoms with Gasteiger partial charge in [-0.3, -0.25) is 0 Å². The van der Waals surface area contributed by atoms with E-state index in [-0.39, 0.29) is 12.6 Å². The van der Waals surface area contributed by atoms with Crippen molar-refractivity contribution in [1.82, 2.24) is 5.32 Å². The first kappa shape index (κ1) is 14.4. The number of aryl methyl sites for hydroxylation is 1. The molecular weight excluding hydrogens is 236 g/mol. The second-order valence-electron chi connectivity index (χ2n) is 5.44. The molecule has 19 heavy (non-hydrogen) atoms. The molecule has 1 saturated heterocycles. The Morgan fingerprint density at radius 2 is 2.21 bits per heavy atom. The molecule has 0 saturated carbocycles. The molecule has 2 N–H and O–H groups in total. The summed E-state index contributed by atoms with van der Waals surface area (Å²) in [6.45, 7) is 7.48. The van der Waals surface area contributed by atoms with E-state index in [1.165, 1.54) is 29.7 Å². The van der Waals surface area contributed by atoms with Gasteiger partial charge in [-0.15, -0.1) is 0 Å². The topological polar surface area (TPSA) is 35.5 Å². The number of aliphatic hydroxyl groups is 1. The third-order valence-electron chi connectivity index (χ3n) is 3.95. The maximum Gasteiger partial charge on any atom is 0.0635 e. The van der Waals surface area contributed by atoms with Crippen molar-refractivity contribution < 1.29 is 5.11 Å². The van der Waals surface area contributed by atoms with Gasteiger partial charge in [0, 0.05) is 18.8 Å². The maximum atomic E-state index is 9.59. The van der Waals surface area contributed by atoms with Gasteiger partial charge in [0.15, 0.2) is 0 Å². The van der Waals surface area contributed by atoms with Crippen LogP contribution >= 0.6 is 0 Å². The lowest BCUT2D eigenvalue weighted by Gasteiger charge is -2.38. The van der Waals surface area contributed by atoms with Crippen molar-refractivity contribution in [1.29, 1.82) is 0 Å². The molecule has 1 fully saturated rings. The SMILES string of the molecule is CCNCc1cc(C)ccc1N1CCCCC1CO. The Morgan fingerprint density at radius 3 is 2.95 bits per heavy atom. The molecule has 0 aliphatic carbocycles. The lowest BCUT2D eigenvalue weighted by Crippen LogP contribution is -2.42. The summed E-state index contributed by atoms with van der Waals surface area (Å²) in [7, 11) is 0. The minimum absolute atomic E-state index is 0.258. The predicted octanol–water partition coefficient (Wildman–Crippen LogP) is 2.46. The Hall–Kier alpha value is -1.06. The lowest BCUT2D eigenvalue weighted by atomic mass is 9.99. The van der Waals surface area contributed by atoms with Crippen molar-refractivity contribution in [3.63, 3.8) is 0 Å². The Balaban J connectivity index is 2.25. The number of piperidine rings is 1. The minimum atomic E-state index is 0.258. The van der Waals surface area contributed by atoms with Crippen LogP contribution in [0.2, 0.25) is 0 Å². The van der Waals surface area contributed by atoms with Crippen LogP contribution in [0.1, 0.15) is 37.3 Å². The number of nitrogens with zero attached hydrogens (tertiary/aromatic N) is 1. The Labute approximate surface area is 116 Å². The van der Waals surface area contributed by atoms with Crippen molar-refractivity contribution in [2.45, 2.75) is 45.7 Å². The van der Waals surface area contributed by atoms with E-state index in [9.17, 15) is 5.11 Å². The first-order valence-corrected chi connectivity index (χ1v) is 7.44. The van der Waals surface area contributed by atoms with Crippen molar-refractivity contribution in [3.05, 3.63) is 29.3 Å². The predicted molar refractivity (Wildman–Crippen MR) is 80.6 cm³/mol. The summed E-state index contributed by atoms with van der Waals surface area (Å²) in [5.74, 6) is 0. The second kappa shape index (κ2) is 6.92. The van der Waals surface area contributed by atoms with Crippen LogP contribution in [0.5, 0.6) is 0 Å². The van der Waals surface area contributed by atoms with Gasteiger partial charge in [0.1, 0.15) is 0 Å². The van der Waals surface area contributed by atoms with Gasteiger partial charge >= 0.3 is 0 Å². The number of benzene rings is 1. The number of hydrogen-bond donors (Lipinski definition) is 2. The lowest BCUT2D eigenvalue weighted by molar-refractivity contribution is 0.240. The van der Waals surface area contributed by atoms with Gasteiger partial charge < -0.3 is 15.3 Å². The Morgan fingerprint density at radius 1 is 1.37 bits per heavy atom. The van der Waals surface area contributed by atoms with Gasteiger partial charge in [0.2, 0.25) is 0 Å². The van der Waals surface area contributed by atoms with Crippen LogP contribution in [0, 0.1) is 6.92 Å². The Kier molecular flexibility index (Phi) is 5.23. The number of anilines is 1. The summed E-state index contributed by atoms with van der Waals surface area (Å²) in [4.78, 5) is 2.40. The molecule has 1 unspecified atom stereocenters. The summed E-state index contributed by atoms with van der Waals surface area (Å²) in [6.07, 6.45) is 3.56. The highest BCUT2D eigenvalue weighted by atomic mass is 16.3. The fraction of sp³-hybridized carbons (Fsp3) is 0.625. The van der Waals surface area contributed by atoms with Crippen LogP contribution in [0.15, 0.2) is 18.2 Å². The van der Waals surface area contributed by atoms with E-state index in [4.69, 9.17) is 0 Å². The molecule has 3 nitrogen and oxygen atoms in total. The molecule has 0 aromatic heterocycles. The summed E-state index contributed by atoms with van der Waals surface area (Å²) in [5, 5.41) is 13.0. The highest BCUT2D eigenvalue weighted by Gasteiger charge is 2.23. The first-order valence-electron chi connectivity index (χ1n) is 7.44. The van der Waals surface area contributed by atoms with E-state index in [1.54, 1.807) is 0 Å². The molecule has 2 rings (SSSR count). The zero-order chi connectivity index (χ0) is 13.7. The maximum absolute atomic E-state index is 9.59. The smallest absolute Gasteiger partial charge is 0.0635 e. The normalized spacial score (nSPS) is 19.7. The first-order chi connectivity index (χ1) is 9.26. The van der Waals surface area contributed by atoms with Gasteiger partial charge in [-0.25, -0.2) is 0 Å². The minimum Gasteiger partial charge on any atom is -0.394 e. The molecule has 1 aromatic rings. The van der Waals surface area contributed by atoms with Gasteiger partial charge in [0.25, 0.3) is 0 Å². The van der Waals surface area contributed by atoms with E-state index >= 15 is 0 Å². The fourth-order valence-corrected chi connectivity index (χ4v) is 2.90. The van der Waals surface area contributed by atoms with Crippen LogP contribution in [-0.2, 0) is 6.54 Å². The standard InChI is InChI=1S/C16H26N2O/c1-3-17-11-14-10-13(2)7-8-16(14)18-9-5-4-6-15(18)12-19/h7-8,10,15,17,19H,3-6,9,11-12H2,1-2H3. The summed E-state index contributed by atoms with van der Waals surface area (Å²) in [5.41, 5.74) is 3.95. The third-order valence-corrected chi connectivity index (χ3v) is 3.95. The van der Waals surface area contributed by atoms with E-state index in [2.05, 4.69) is 42.3 Å². The number of hydrogen-bond acceptors (Lipinski definition) is 3. The molecule has 1 aliphatic heterocycles. The highest BCUT2D eigenvalue weighted by Crippen LogP contribution is 2.28. The molecular formula is C16H26N2O. The van der Waals surface area contributed by atoms with E-state index < -0.39 is 0 Å². The molecule has 1 heterocycles. The number of aliphatic hydroxyl groups excluding tert-OH is 1. The Bertz CT molecular complexity index is 406. The van der Waals surface area contributed by atoms with E-state index in [0.717, 1.165) is 26.1 Å². The van der Waals surface area contributed by atoms with Crippen LogP contribution < -0.4 is 10.2 Å². The molecule has 106 valence electrons. The van der Waals surface area contributed by atoms with Crippen molar-refractivity contribution in [2.24, 2.45) is 0 Å². The van der Waals surface area contributed by atoms with Crippen molar-refractivity contribution in [2.75, 3.05) is 24.6 Å². The van der Waals surface area contributed by atoms with Crippen LogP contribution in [0.3, 0.4) is 0 Å². The summed E-state index contributed by atoms with van der Waals surface area (Å²) >= 11 is 0. The fourth-order valence-electron chi connectivity index (χ4n) is 2.90. The summed E-state index contributed by atoms with van der Waals surface area (Å²) in [6, 6.07) is 6.95. The average molecular weight is 262 g/mol. The van der Waals surface area contributed by atoms with Gasteiger partial charge in [0.05, 0.1) is 12.6 Å². The molecule has 1 aliphatic rings. The number of nitrogens with one attached hydrogen (secondary N) is 1. The molecule has 0 radical (unpaired) electrons. The summed E-state index contributed by atoms with van der Waals surface area (Å²) < 4.78 is 0. The van der Waals surface area contributed by atoms with Crippen LogP contribution in [0.4, 0.5) is 5.69 Å².